The van der Waals surface area contributed by atoms with Gasteiger partial charge in [-0.2, -0.15) is 0 Å². The summed E-state index contributed by atoms with van der Waals surface area (Å²) >= 11 is 6.22. The maximum atomic E-state index is 11.0. The quantitative estimate of drug-likeness (QED) is 0.604. The predicted octanol–water partition coefficient (Wildman–Crippen LogP) is 4.26. The van der Waals surface area contributed by atoms with E-state index in [0.717, 1.165) is 35.5 Å². The molecule has 0 amide bonds. The highest BCUT2D eigenvalue weighted by Gasteiger charge is 2.33. The molecule has 2 aromatic rings. The second kappa shape index (κ2) is 7.13. The molecule has 136 valence electrons. The summed E-state index contributed by atoms with van der Waals surface area (Å²) in [6, 6.07) is 10.7. The van der Waals surface area contributed by atoms with Crippen molar-refractivity contribution in [3.63, 3.8) is 0 Å². The van der Waals surface area contributed by atoms with Crippen LogP contribution in [0.15, 0.2) is 36.4 Å². The Labute approximate surface area is 156 Å². The van der Waals surface area contributed by atoms with Crippen molar-refractivity contribution >= 4 is 17.3 Å². The molecule has 7 heteroatoms. The topological polar surface area (TPSA) is 73.6 Å². The molecule has 0 saturated heterocycles. The van der Waals surface area contributed by atoms with Crippen LogP contribution in [0.2, 0.25) is 5.02 Å². The number of halogens is 1. The van der Waals surface area contributed by atoms with Crippen LogP contribution in [0.5, 0.6) is 11.5 Å². The Kier molecular flexibility index (Phi) is 4.70. The summed E-state index contributed by atoms with van der Waals surface area (Å²) in [7, 11) is 0. The highest BCUT2D eigenvalue weighted by atomic mass is 35.5. The lowest BCUT2D eigenvalue weighted by atomic mass is 10.0. The molecular weight excluding hydrogens is 356 g/mol. The van der Waals surface area contributed by atoms with Gasteiger partial charge in [-0.15, -0.1) is 0 Å². The minimum Gasteiger partial charge on any atom is -0.486 e. The van der Waals surface area contributed by atoms with E-state index in [1.165, 1.54) is 12.1 Å². The van der Waals surface area contributed by atoms with Crippen LogP contribution in [-0.4, -0.2) is 18.1 Å². The van der Waals surface area contributed by atoms with Gasteiger partial charge in [0, 0.05) is 29.7 Å². The molecule has 2 aliphatic rings. The number of hydrogen-bond donors (Lipinski definition) is 1. The number of rotatable bonds is 6. The van der Waals surface area contributed by atoms with Gasteiger partial charge in [0.2, 0.25) is 0 Å². The maximum Gasteiger partial charge on any atom is 0.269 e. The van der Waals surface area contributed by atoms with Crippen LogP contribution in [0.4, 0.5) is 5.69 Å². The van der Waals surface area contributed by atoms with Crippen LogP contribution >= 0.6 is 11.6 Å². The average Bonchev–Trinajstić information content (AvgIpc) is 3.48. The van der Waals surface area contributed by atoms with Gasteiger partial charge in [-0.3, -0.25) is 10.1 Å². The first kappa shape index (κ1) is 17.1. The van der Waals surface area contributed by atoms with Crippen LogP contribution < -0.4 is 14.8 Å². The second-order valence-electron chi connectivity index (χ2n) is 6.63. The fraction of sp³-hybridized carbons (Fsp3) is 0.368. The molecule has 1 fully saturated rings. The van der Waals surface area contributed by atoms with Gasteiger partial charge >= 0.3 is 0 Å². The molecular formula is C19H19ClN2O4. The van der Waals surface area contributed by atoms with Gasteiger partial charge in [-0.05, 0) is 48.1 Å². The largest absolute Gasteiger partial charge is 0.486 e. The van der Waals surface area contributed by atoms with E-state index in [9.17, 15) is 10.1 Å². The summed E-state index contributed by atoms with van der Waals surface area (Å²) in [5.41, 5.74) is 1.91. The van der Waals surface area contributed by atoms with Crippen molar-refractivity contribution in [1.29, 1.82) is 0 Å². The Morgan fingerprint density at radius 1 is 1.15 bits per heavy atom. The molecule has 1 heterocycles. The molecule has 1 saturated carbocycles. The van der Waals surface area contributed by atoms with Gasteiger partial charge in [-0.25, -0.2) is 0 Å². The molecule has 4 rings (SSSR count). The van der Waals surface area contributed by atoms with E-state index in [0.29, 0.717) is 30.7 Å². The van der Waals surface area contributed by atoms with Gasteiger partial charge in [-0.1, -0.05) is 17.7 Å². The number of non-ortho nitro benzene ring substituents is 1. The average molecular weight is 375 g/mol. The number of nitro benzene ring substituents is 1. The molecule has 2 aromatic carbocycles. The second-order valence-corrected chi connectivity index (χ2v) is 7.04. The summed E-state index contributed by atoms with van der Waals surface area (Å²) < 4.78 is 11.3. The van der Waals surface area contributed by atoms with E-state index in [4.69, 9.17) is 21.1 Å². The normalized spacial score (nSPS) is 17.0. The Hall–Kier alpha value is -2.31. The standard InChI is InChI=1S/C19H19ClN2O4/c20-16-5-4-15(22(23)24)9-14(16)11-21-19(12-1-2-12)13-3-6-17-18(10-13)26-8-7-25-17/h3-6,9-10,12,19,21H,1-2,7-8,11H2. The number of nitrogens with one attached hydrogen (secondary N) is 1. The number of ether oxygens (including phenoxy) is 2. The molecule has 0 radical (unpaired) electrons. The maximum absolute atomic E-state index is 11.0. The smallest absolute Gasteiger partial charge is 0.269 e. The first-order valence-corrected chi connectivity index (χ1v) is 9.05. The zero-order valence-electron chi connectivity index (χ0n) is 14.1. The van der Waals surface area contributed by atoms with Crippen molar-refractivity contribution in [2.45, 2.75) is 25.4 Å². The Morgan fingerprint density at radius 3 is 2.65 bits per heavy atom. The first-order chi connectivity index (χ1) is 12.6. The summed E-state index contributed by atoms with van der Waals surface area (Å²) in [6.07, 6.45) is 2.32. The summed E-state index contributed by atoms with van der Waals surface area (Å²) in [5, 5.41) is 15.0. The molecule has 1 unspecified atom stereocenters. The number of nitro groups is 1. The van der Waals surface area contributed by atoms with Gasteiger partial charge in [0.15, 0.2) is 11.5 Å². The third-order valence-electron chi connectivity index (χ3n) is 4.77. The number of nitrogens with zero attached hydrogens (tertiary/aromatic N) is 1. The summed E-state index contributed by atoms with van der Waals surface area (Å²) in [4.78, 5) is 10.6. The van der Waals surface area contributed by atoms with Crippen LogP contribution in [0.3, 0.4) is 0 Å². The van der Waals surface area contributed by atoms with Crippen molar-refractivity contribution in [3.8, 4) is 11.5 Å². The van der Waals surface area contributed by atoms with E-state index < -0.39 is 4.92 Å². The van der Waals surface area contributed by atoms with Crippen molar-refractivity contribution in [2.24, 2.45) is 5.92 Å². The van der Waals surface area contributed by atoms with E-state index >= 15 is 0 Å². The Morgan fingerprint density at radius 2 is 1.92 bits per heavy atom. The van der Waals surface area contributed by atoms with E-state index in [2.05, 4.69) is 11.4 Å². The van der Waals surface area contributed by atoms with E-state index in [1.54, 1.807) is 6.07 Å². The van der Waals surface area contributed by atoms with Gasteiger partial charge in [0.25, 0.3) is 5.69 Å². The molecule has 26 heavy (non-hydrogen) atoms. The molecule has 1 aliphatic carbocycles. The zero-order valence-corrected chi connectivity index (χ0v) is 14.9. The molecule has 1 N–H and O–H groups in total. The van der Waals surface area contributed by atoms with Gasteiger partial charge < -0.3 is 14.8 Å². The van der Waals surface area contributed by atoms with Crippen LogP contribution in [0.1, 0.15) is 30.0 Å². The number of fused-ring (bicyclic) bond motifs is 1. The van der Waals surface area contributed by atoms with Crippen LogP contribution in [0, 0.1) is 16.0 Å². The van der Waals surface area contributed by atoms with Crippen molar-refractivity contribution in [2.75, 3.05) is 13.2 Å². The molecule has 1 aliphatic heterocycles. The highest BCUT2D eigenvalue weighted by Crippen LogP contribution is 2.43. The summed E-state index contributed by atoms with van der Waals surface area (Å²) in [5.74, 6) is 2.10. The first-order valence-electron chi connectivity index (χ1n) is 8.67. The molecule has 0 bridgehead atoms. The Balaban J connectivity index is 1.53. The van der Waals surface area contributed by atoms with E-state index in [1.807, 2.05) is 12.1 Å². The lowest BCUT2D eigenvalue weighted by Gasteiger charge is -2.23. The minimum atomic E-state index is -0.404. The van der Waals surface area contributed by atoms with Crippen molar-refractivity contribution in [3.05, 3.63) is 62.7 Å². The third-order valence-corrected chi connectivity index (χ3v) is 5.14. The lowest BCUT2D eigenvalue weighted by molar-refractivity contribution is -0.384. The minimum absolute atomic E-state index is 0.0495. The van der Waals surface area contributed by atoms with Gasteiger partial charge in [0.05, 0.1) is 4.92 Å². The van der Waals surface area contributed by atoms with Crippen LogP contribution in [-0.2, 0) is 6.54 Å². The third kappa shape index (κ3) is 3.61. The fourth-order valence-corrected chi connectivity index (χ4v) is 3.45. The number of benzene rings is 2. The zero-order chi connectivity index (χ0) is 18.1. The molecule has 6 nitrogen and oxygen atoms in total. The monoisotopic (exact) mass is 374 g/mol. The van der Waals surface area contributed by atoms with Crippen molar-refractivity contribution in [1.82, 2.24) is 5.32 Å². The predicted molar refractivity (Wildman–Crippen MR) is 97.8 cm³/mol. The molecule has 0 spiro atoms. The fourth-order valence-electron chi connectivity index (χ4n) is 3.27. The molecule has 0 aromatic heterocycles. The number of hydrogen-bond acceptors (Lipinski definition) is 5. The van der Waals surface area contributed by atoms with Gasteiger partial charge in [0.1, 0.15) is 13.2 Å². The lowest BCUT2D eigenvalue weighted by Crippen LogP contribution is -2.23. The van der Waals surface area contributed by atoms with Crippen LogP contribution in [0.25, 0.3) is 0 Å². The van der Waals surface area contributed by atoms with E-state index in [-0.39, 0.29) is 11.7 Å². The SMILES string of the molecule is O=[N+]([O-])c1ccc(Cl)c(CNC(c2ccc3c(c2)OCCO3)C2CC2)c1. The highest BCUT2D eigenvalue weighted by molar-refractivity contribution is 6.31. The molecule has 1 atom stereocenters. The Bertz CT molecular complexity index is 838. The summed E-state index contributed by atoms with van der Waals surface area (Å²) in [6.45, 7) is 1.60. The van der Waals surface area contributed by atoms with Crippen molar-refractivity contribution < 1.29 is 14.4 Å².